The smallest absolute Gasteiger partial charge is 0.328 e. The van der Waals surface area contributed by atoms with Crippen molar-refractivity contribution in [1.29, 1.82) is 0 Å². The van der Waals surface area contributed by atoms with Crippen molar-refractivity contribution in [2.45, 2.75) is 83.1 Å². The summed E-state index contributed by atoms with van der Waals surface area (Å²) >= 11 is 0.984. The first-order valence-electron chi connectivity index (χ1n) is 11.7. The maximum atomic E-state index is 13.4. The molecule has 2 amide bonds. The van der Waals surface area contributed by atoms with Crippen LogP contribution in [0.4, 0.5) is 0 Å². The van der Waals surface area contributed by atoms with E-state index in [1.54, 1.807) is 6.92 Å². The van der Waals surface area contributed by atoms with Gasteiger partial charge in [0.15, 0.2) is 5.12 Å². The normalized spacial score (nSPS) is 16.6. The quantitative estimate of drug-likeness (QED) is 0.475. The van der Waals surface area contributed by atoms with E-state index in [1.165, 1.54) is 6.92 Å². The van der Waals surface area contributed by atoms with Crippen LogP contribution in [0, 0.1) is 5.92 Å². The number of carbonyl (C=O) groups is 4. The Morgan fingerprint density at radius 2 is 1.73 bits per heavy atom. The van der Waals surface area contributed by atoms with Crippen LogP contribution in [0.5, 0.6) is 0 Å². The fraction of sp³-hybridized carbons (Fsp3) is 0.600. The molecule has 0 saturated heterocycles. The van der Waals surface area contributed by atoms with E-state index >= 15 is 0 Å². The van der Waals surface area contributed by atoms with E-state index in [4.69, 9.17) is 4.74 Å². The Hall–Kier alpha value is -2.35. The number of aryl methyl sites for hydroxylation is 1. The summed E-state index contributed by atoms with van der Waals surface area (Å²) in [7, 11) is 0. The molecule has 1 saturated carbocycles. The third kappa shape index (κ3) is 7.88. The van der Waals surface area contributed by atoms with Crippen molar-refractivity contribution in [3.8, 4) is 0 Å². The molecule has 182 valence electrons. The van der Waals surface area contributed by atoms with Crippen LogP contribution in [0.25, 0.3) is 0 Å². The maximum Gasteiger partial charge on any atom is 0.328 e. The van der Waals surface area contributed by atoms with Crippen LogP contribution in [-0.4, -0.2) is 46.3 Å². The molecule has 0 bridgehead atoms. The largest absolute Gasteiger partial charge is 0.464 e. The second kappa shape index (κ2) is 12.8. The minimum absolute atomic E-state index is 0.0708. The molecular formula is C25H36N2O5S. The first-order chi connectivity index (χ1) is 15.7. The molecule has 2 atom stereocenters. The van der Waals surface area contributed by atoms with Gasteiger partial charge in [-0.2, -0.15) is 0 Å². The zero-order valence-electron chi connectivity index (χ0n) is 20.0. The molecule has 2 N–H and O–H groups in total. The van der Waals surface area contributed by atoms with Crippen molar-refractivity contribution in [2.24, 2.45) is 5.92 Å². The molecule has 1 aliphatic rings. The fourth-order valence-electron chi connectivity index (χ4n) is 4.11. The number of benzene rings is 1. The summed E-state index contributed by atoms with van der Waals surface area (Å²) in [6.45, 7) is 7.13. The number of nitrogens with one attached hydrogen (secondary N) is 2. The summed E-state index contributed by atoms with van der Waals surface area (Å²) in [5.41, 5.74) is -0.0232. The van der Waals surface area contributed by atoms with Gasteiger partial charge in [0, 0.05) is 6.92 Å². The molecule has 0 heterocycles. The lowest BCUT2D eigenvalue weighted by atomic mass is 9.94. The average Bonchev–Trinajstić information content (AvgIpc) is 3.25. The summed E-state index contributed by atoms with van der Waals surface area (Å²) in [5, 5.41) is 5.10. The third-order valence-corrected chi connectivity index (χ3v) is 7.20. The Kier molecular flexibility index (Phi) is 10.4. The molecule has 33 heavy (non-hydrogen) atoms. The van der Waals surface area contributed by atoms with E-state index in [0.29, 0.717) is 25.7 Å². The van der Waals surface area contributed by atoms with Gasteiger partial charge in [-0.25, -0.2) is 4.79 Å². The summed E-state index contributed by atoms with van der Waals surface area (Å²) in [6, 6.07) is 8.93. The topological polar surface area (TPSA) is 102 Å². The molecule has 0 unspecified atom stereocenters. The summed E-state index contributed by atoms with van der Waals surface area (Å²) in [4.78, 5) is 50.7. The van der Waals surface area contributed by atoms with Crippen LogP contribution in [0.2, 0.25) is 0 Å². The molecule has 1 fully saturated rings. The number of ether oxygens (including phenoxy) is 1. The molecule has 8 heteroatoms. The number of amides is 2. The SMILES string of the molecule is CCOC(=O)[C@H](CCc1ccccc1)NC(=O)C1(NC(=O)[C@H](SC(C)=O)C(C)C)CCCC1. The van der Waals surface area contributed by atoms with Gasteiger partial charge in [-0.15, -0.1) is 0 Å². The fourth-order valence-corrected chi connectivity index (χ4v) is 4.91. The van der Waals surface area contributed by atoms with Crippen molar-refractivity contribution < 1.29 is 23.9 Å². The first kappa shape index (κ1) is 26.9. The number of carbonyl (C=O) groups excluding carboxylic acids is 4. The first-order valence-corrected chi connectivity index (χ1v) is 12.6. The Bertz CT molecular complexity index is 821. The number of hydrogen-bond acceptors (Lipinski definition) is 6. The van der Waals surface area contributed by atoms with Gasteiger partial charge >= 0.3 is 5.97 Å². The highest BCUT2D eigenvalue weighted by Gasteiger charge is 2.45. The van der Waals surface area contributed by atoms with E-state index in [1.807, 2.05) is 44.2 Å². The van der Waals surface area contributed by atoms with Crippen molar-refractivity contribution in [1.82, 2.24) is 10.6 Å². The number of rotatable bonds is 11. The van der Waals surface area contributed by atoms with Gasteiger partial charge in [0.05, 0.1) is 11.9 Å². The second-order valence-corrected chi connectivity index (χ2v) is 10.2. The Labute approximate surface area is 200 Å². The average molecular weight is 477 g/mol. The maximum absolute atomic E-state index is 13.4. The van der Waals surface area contributed by atoms with Crippen molar-refractivity contribution in [2.75, 3.05) is 6.61 Å². The molecule has 7 nitrogen and oxygen atoms in total. The molecule has 0 aromatic heterocycles. The summed E-state index contributed by atoms with van der Waals surface area (Å²) in [6.07, 6.45) is 3.59. The van der Waals surface area contributed by atoms with Gasteiger partial charge in [-0.05, 0) is 44.1 Å². The van der Waals surface area contributed by atoms with Crippen molar-refractivity contribution in [3.63, 3.8) is 0 Å². The van der Waals surface area contributed by atoms with E-state index in [-0.39, 0.29) is 29.5 Å². The lowest BCUT2D eigenvalue weighted by Crippen LogP contribution is -2.61. The molecule has 0 aliphatic heterocycles. The summed E-state index contributed by atoms with van der Waals surface area (Å²) in [5.74, 6) is -1.24. The van der Waals surface area contributed by atoms with Crippen molar-refractivity contribution >= 4 is 34.7 Å². The lowest BCUT2D eigenvalue weighted by Gasteiger charge is -2.33. The van der Waals surface area contributed by atoms with E-state index in [2.05, 4.69) is 10.6 Å². The van der Waals surface area contributed by atoms with Crippen LogP contribution in [-0.2, 0) is 30.3 Å². The second-order valence-electron chi connectivity index (χ2n) is 8.85. The monoisotopic (exact) mass is 476 g/mol. The standard InChI is InChI=1S/C25H36N2O5S/c1-5-32-23(30)20(14-13-19-11-7-6-8-12-19)26-24(31)25(15-9-10-16-25)27-22(29)21(17(2)3)33-18(4)28/h6-8,11-12,17,20-21H,5,9-10,13-16H2,1-4H3,(H,26,31)(H,27,29)/t20-,21+/m0/s1. The van der Waals surface area contributed by atoms with Gasteiger partial charge in [0.1, 0.15) is 11.6 Å². The predicted octanol–water partition coefficient (Wildman–Crippen LogP) is 3.40. The van der Waals surface area contributed by atoms with Gasteiger partial charge < -0.3 is 15.4 Å². The molecule has 1 aromatic carbocycles. The molecule has 0 spiro atoms. The van der Waals surface area contributed by atoms with Crippen LogP contribution in [0.1, 0.15) is 65.4 Å². The van der Waals surface area contributed by atoms with Crippen LogP contribution in [0.3, 0.4) is 0 Å². The lowest BCUT2D eigenvalue weighted by molar-refractivity contribution is -0.148. The van der Waals surface area contributed by atoms with E-state index in [9.17, 15) is 19.2 Å². The highest BCUT2D eigenvalue weighted by atomic mass is 32.2. The minimum Gasteiger partial charge on any atom is -0.464 e. The molecule has 1 aliphatic carbocycles. The zero-order valence-corrected chi connectivity index (χ0v) is 20.8. The van der Waals surface area contributed by atoms with Gasteiger partial charge in [0.2, 0.25) is 11.8 Å². The zero-order chi connectivity index (χ0) is 24.4. The minimum atomic E-state index is -1.08. The molecular weight excluding hydrogens is 440 g/mol. The van der Waals surface area contributed by atoms with Gasteiger partial charge in [-0.1, -0.05) is 68.8 Å². The number of hydrogen-bond donors (Lipinski definition) is 2. The highest BCUT2D eigenvalue weighted by Crippen LogP contribution is 2.32. The van der Waals surface area contributed by atoms with Crippen LogP contribution >= 0.6 is 11.8 Å². The predicted molar refractivity (Wildman–Crippen MR) is 130 cm³/mol. The van der Waals surface area contributed by atoms with Crippen LogP contribution < -0.4 is 10.6 Å². The van der Waals surface area contributed by atoms with E-state index < -0.39 is 22.8 Å². The van der Waals surface area contributed by atoms with Crippen LogP contribution in [0.15, 0.2) is 30.3 Å². The van der Waals surface area contributed by atoms with Gasteiger partial charge in [-0.3, -0.25) is 14.4 Å². The Balaban J connectivity index is 2.16. The molecule has 0 radical (unpaired) electrons. The number of thioether (sulfide) groups is 1. The highest BCUT2D eigenvalue weighted by molar-refractivity contribution is 8.14. The molecule has 2 rings (SSSR count). The third-order valence-electron chi connectivity index (χ3n) is 5.85. The number of esters is 1. The molecule has 1 aromatic rings. The Morgan fingerprint density at radius 1 is 1.09 bits per heavy atom. The summed E-state index contributed by atoms with van der Waals surface area (Å²) < 4.78 is 5.20. The Morgan fingerprint density at radius 3 is 2.27 bits per heavy atom. The van der Waals surface area contributed by atoms with E-state index in [0.717, 1.165) is 30.2 Å². The van der Waals surface area contributed by atoms with Gasteiger partial charge in [0.25, 0.3) is 0 Å². The van der Waals surface area contributed by atoms with Crippen molar-refractivity contribution in [3.05, 3.63) is 35.9 Å².